The van der Waals surface area contributed by atoms with Gasteiger partial charge in [-0.2, -0.15) is 0 Å². The minimum Gasteiger partial charge on any atom is -0.354 e. The molecule has 4 aromatic rings. The molecule has 0 unspecified atom stereocenters. The summed E-state index contributed by atoms with van der Waals surface area (Å²) in [6.07, 6.45) is 1.87. The Balaban J connectivity index is 1.47. The Hall–Kier alpha value is -3.54. The Morgan fingerprint density at radius 3 is 2.28 bits per heavy atom. The van der Waals surface area contributed by atoms with Gasteiger partial charge in [0.2, 0.25) is 15.9 Å². The van der Waals surface area contributed by atoms with Crippen LogP contribution in [-0.4, -0.2) is 33.9 Å². The lowest BCUT2D eigenvalue weighted by atomic mass is 10.1. The van der Waals surface area contributed by atoms with Gasteiger partial charge in [-0.25, -0.2) is 26.4 Å². The zero-order valence-electron chi connectivity index (χ0n) is 19.1. The molecule has 1 amide bonds. The molecule has 0 spiro atoms. The van der Waals surface area contributed by atoms with Gasteiger partial charge in [0.25, 0.3) is 0 Å². The molecule has 0 radical (unpaired) electrons. The van der Waals surface area contributed by atoms with E-state index in [1.54, 1.807) is 47.0 Å². The van der Waals surface area contributed by atoms with Crippen LogP contribution in [0.25, 0.3) is 10.9 Å². The third-order valence-corrected chi connectivity index (χ3v) is 8.31. The molecule has 36 heavy (non-hydrogen) atoms. The molecule has 1 aromatic heterocycles. The Morgan fingerprint density at radius 1 is 0.917 bits per heavy atom. The molecule has 3 N–H and O–H groups in total. The molecule has 0 saturated heterocycles. The summed E-state index contributed by atoms with van der Waals surface area (Å²) in [7, 11) is -7.66. The lowest BCUT2D eigenvalue weighted by Gasteiger charge is -2.08. The Labute approximate surface area is 208 Å². The highest BCUT2D eigenvalue weighted by molar-refractivity contribution is 7.91. The minimum atomic E-state index is -3.89. The third kappa shape index (κ3) is 5.81. The van der Waals surface area contributed by atoms with E-state index in [0.717, 1.165) is 5.56 Å². The van der Waals surface area contributed by atoms with Gasteiger partial charge in [0.05, 0.1) is 15.5 Å². The molecule has 188 valence electrons. The molecule has 3 aromatic carbocycles. The molecular formula is C25H24FN3O5S2. The average Bonchev–Trinajstić information content (AvgIpc) is 3.20. The second-order valence-corrected chi connectivity index (χ2v) is 11.8. The van der Waals surface area contributed by atoms with Crippen LogP contribution in [0.2, 0.25) is 0 Å². The zero-order valence-corrected chi connectivity index (χ0v) is 20.7. The predicted octanol–water partition coefficient (Wildman–Crippen LogP) is 2.76. The molecule has 0 aliphatic heterocycles. The quantitative estimate of drug-likeness (QED) is 0.345. The van der Waals surface area contributed by atoms with Crippen LogP contribution in [0.3, 0.4) is 0 Å². The maximum absolute atomic E-state index is 14.1. The number of hydrogen-bond acceptors (Lipinski definition) is 5. The second-order valence-electron chi connectivity index (χ2n) is 8.28. The van der Waals surface area contributed by atoms with Crippen LogP contribution < -0.4 is 10.5 Å². The molecule has 0 bridgehead atoms. The Morgan fingerprint density at radius 2 is 1.58 bits per heavy atom. The van der Waals surface area contributed by atoms with Crippen LogP contribution in [0.5, 0.6) is 0 Å². The fourth-order valence-electron chi connectivity index (χ4n) is 3.89. The number of sulfonamides is 1. The third-order valence-electron chi connectivity index (χ3n) is 5.69. The first-order valence-electron chi connectivity index (χ1n) is 11.0. The number of aromatic nitrogens is 1. The molecule has 8 nitrogen and oxygen atoms in total. The standard InChI is InChI=1S/C25H24FN3O5S2/c26-22-7-3-1-5-19(22)17-35(31,32)24-15-29(23-8-4-2-6-21(23)24)16-25(30)28-14-13-18-9-11-20(12-10-18)36(27,33)34/h1-12,15H,13-14,16-17H2,(H,28,30)(H2,27,33,34). The van der Waals surface area contributed by atoms with Crippen LogP contribution in [0, 0.1) is 5.82 Å². The molecule has 11 heteroatoms. The van der Waals surface area contributed by atoms with E-state index in [1.165, 1.54) is 36.5 Å². The van der Waals surface area contributed by atoms with Crippen molar-refractivity contribution in [2.24, 2.45) is 5.14 Å². The van der Waals surface area contributed by atoms with E-state index in [-0.39, 0.29) is 27.8 Å². The highest BCUT2D eigenvalue weighted by Gasteiger charge is 2.23. The number of carbonyl (C=O) groups excluding carboxylic acids is 1. The normalized spacial score (nSPS) is 12.1. The van der Waals surface area contributed by atoms with Crippen LogP contribution in [-0.2, 0) is 43.4 Å². The van der Waals surface area contributed by atoms with Crippen LogP contribution in [0.4, 0.5) is 4.39 Å². The van der Waals surface area contributed by atoms with Gasteiger partial charge in [0.15, 0.2) is 9.84 Å². The van der Waals surface area contributed by atoms with Crippen LogP contribution >= 0.6 is 0 Å². The number of hydrogen-bond donors (Lipinski definition) is 2. The summed E-state index contributed by atoms with van der Waals surface area (Å²) in [6.45, 7) is 0.186. The van der Waals surface area contributed by atoms with Crippen LogP contribution in [0.15, 0.2) is 88.8 Å². The summed E-state index contributed by atoms with van der Waals surface area (Å²) in [5, 5.41) is 8.33. The first-order chi connectivity index (χ1) is 17.0. The lowest BCUT2D eigenvalue weighted by molar-refractivity contribution is -0.121. The number of sulfone groups is 1. The molecule has 1 heterocycles. The Kier molecular flexibility index (Phi) is 7.25. The van der Waals surface area contributed by atoms with Crippen LogP contribution in [0.1, 0.15) is 11.1 Å². The molecule has 0 saturated carbocycles. The Bertz CT molecular complexity index is 1630. The zero-order chi connectivity index (χ0) is 25.9. The summed E-state index contributed by atoms with van der Waals surface area (Å²) in [5.74, 6) is -1.41. The van der Waals surface area contributed by atoms with Crippen molar-refractivity contribution < 1.29 is 26.0 Å². The van der Waals surface area contributed by atoms with Gasteiger partial charge in [-0.15, -0.1) is 0 Å². The second kappa shape index (κ2) is 10.2. The molecule has 0 fully saturated rings. The molecule has 0 aliphatic carbocycles. The maximum atomic E-state index is 14.1. The van der Waals surface area contributed by atoms with Gasteiger partial charge in [0, 0.05) is 29.2 Å². The van der Waals surface area contributed by atoms with Gasteiger partial charge in [-0.3, -0.25) is 4.79 Å². The molecule has 4 rings (SSSR count). The van der Waals surface area contributed by atoms with Gasteiger partial charge in [0.1, 0.15) is 12.4 Å². The monoisotopic (exact) mass is 529 g/mol. The minimum absolute atomic E-state index is 0.00975. The summed E-state index contributed by atoms with van der Waals surface area (Å²) in [6, 6.07) is 18.6. The number of carbonyl (C=O) groups is 1. The SMILES string of the molecule is NS(=O)(=O)c1ccc(CCNC(=O)Cn2cc(S(=O)(=O)Cc3ccccc3F)c3ccccc32)cc1. The van der Waals surface area contributed by atoms with Crippen molar-refractivity contribution in [3.8, 4) is 0 Å². The van der Waals surface area contributed by atoms with Crippen molar-refractivity contribution >= 4 is 36.7 Å². The van der Waals surface area contributed by atoms with E-state index in [1.807, 2.05) is 0 Å². The van der Waals surface area contributed by atoms with E-state index < -0.39 is 31.4 Å². The van der Waals surface area contributed by atoms with Gasteiger partial charge >= 0.3 is 0 Å². The topological polar surface area (TPSA) is 128 Å². The highest BCUT2D eigenvalue weighted by Crippen LogP contribution is 2.28. The molecule has 0 atom stereocenters. The van der Waals surface area contributed by atoms with E-state index in [2.05, 4.69) is 5.32 Å². The number of fused-ring (bicyclic) bond motifs is 1. The first kappa shape index (κ1) is 25.5. The fourth-order valence-corrected chi connectivity index (χ4v) is 6.00. The maximum Gasteiger partial charge on any atom is 0.239 e. The fraction of sp³-hybridized carbons (Fsp3) is 0.160. The summed E-state index contributed by atoms with van der Waals surface area (Å²) in [4.78, 5) is 12.6. The number of rotatable bonds is 9. The van der Waals surface area contributed by atoms with E-state index >= 15 is 0 Å². The summed E-state index contributed by atoms with van der Waals surface area (Å²) < 4.78 is 64.6. The first-order valence-corrected chi connectivity index (χ1v) is 14.2. The number of halogens is 1. The van der Waals surface area contributed by atoms with Crippen molar-refractivity contribution in [3.05, 3.63) is 95.9 Å². The van der Waals surface area contributed by atoms with E-state index in [9.17, 15) is 26.0 Å². The van der Waals surface area contributed by atoms with Crippen molar-refractivity contribution in [1.29, 1.82) is 0 Å². The number of nitrogens with two attached hydrogens (primary N) is 1. The van der Waals surface area contributed by atoms with Crippen molar-refractivity contribution in [1.82, 2.24) is 9.88 Å². The van der Waals surface area contributed by atoms with Crippen molar-refractivity contribution in [3.63, 3.8) is 0 Å². The lowest BCUT2D eigenvalue weighted by Crippen LogP contribution is -2.29. The molecule has 0 aliphatic rings. The number of primary sulfonamides is 1. The van der Waals surface area contributed by atoms with Gasteiger partial charge in [-0.1, -0.05) is 48.5 Å². The van der Waals surface area contributed by atoms with Gasteiger partial charge in [-0.05, 0) is 36.2 Å². The number of nitrogens with one attached hydrogen (secondary N) is 1. The smallest absolute Gasteiger partial charge is 0.239 e. The number of benzene rings is 3. The number of amides is 1. The van der Waals surface area contributed by atoms with E-state index in [4.69, 9.17) is 5.14 Å². The largest absolute Gasteiger partial charge is 0.354 e. The summed E-state index contributed by atoms with van der Waals surface area (Å²) >= 11 is 0. The summed E-state index contributed by atoms with van der Waals surface area (Å²) in [5.41, 5.74) is 1.46. The average molecular weight is 530 g/mol. The van der Waals surface area contributed by atoms with Crippen molar-refractivity contribution in [2.45, 2.75) is 28.5 Å². The highest BCUT2D eigenvalue weighted by atomic mass is 32.2. The van der Waals surface area contributed by atoms with Gasteiger partial charge < -0.3 is 9.88 Å². The molecular weight excluding hydrogens is 505 g/mol. The number of nitrogens with zero attached hydrogens (tertiary/aromatic N) is 1. The van der Waals surface area contributed by atoms with E-state index in [0.29, 0.717) is 23.9 Å². The number of para-hydroxylation sites is 1. The van der Waals surface area contributed by atoms with Crippen molar-refractivity contribution in [2.75, 3.05) is 6.54 Å². The predicted molar refractivity (Wildman–Crippen MR) is 134 cm³/mol.